The van der Waals surface area contributed by atoms with Crippen molar-refractivity contribution in [2.45, 2.75) is 0 Å². The molecule has 120 valence electrons. The van der Waals surface area contributed by atoms with Gasteiger partial charge in [0.2, 0.25) is 0 Å². The summed E-state index contributed by atoms with van der Waals surface area (Å²) < 4.78 is 0. The smallest absolute Gasteiger partial charge is 0.276 e. The molecule has 0 fully saturated rings. The molecule has 0 bridgehead atoms. The van der Waals surface area contributed by atoms with E-state index in [2.05, 4.69) is 0 Å². The molecule has 2 rings (SSSR count). The van der Waals surface area contributed by atoms with Gasteiger partial charge in [0.25, 0.3) is 11.4 Å². The lowest BCUT2D eigenvalue weighted by atomic mass is 10.1. The number of ketones is 1. The molecule has 0 saturated carbocycles. The van der Waals surface area contributed by atoms with Gasteiger partial charge < -0.3 is 0 Å². The van der Waals surface area contributed by atoms with Crippen molar-refractivity contribution >= 4 is 23.2 Å². The van der Waals surface area contributed by atoms with Crippen molar-refractivity contribution in [1.82, 2.24) is 0 Å². The van der Waals surface area contributed by atoms with E-state index in [0.29, 0.717) is 5.56 Å². The van der Waals surface area contributed by atoms with Crippen LogP contribution in [0.1, 0.15) is 15.9 Å². The summed E-state index contributed by atoms with van der Waals surface area (Å²) in [6, 6.07) is 11.6. The SMILES string of the molecule is O=C(/C=C/C=C/c1ccccc1[N+](=O)[O-])c1cccc([N+](=O)[O-])c1. The summed E-state index contributed by atoms with van der Waals surface area (Å²) in [7, 11) is 0. The molecule has 0 atom stereocenters. The third-order valence-electron chi connectivity index (χ3n) is 3.11. The first-order valence-electron chi connectivity index (χ1n) is 6.86. The molecule has 2 aromatic rings. The van der Waals surface area contributed by atoms with Crippen molar-refractivity contribution in [2.75, 3.05) is 0 Å². The molecule has 0 radical (unpaired) electrons. The zero-order chi connectivity index (χ0) is 17.5. The van der Waals surface area contributed by atoms with Crippen LogP contribution in [0.3, 0.4) is 0 Å². The normalized spacial score (nSPS) is 11.0. The topological polar surface area (TPSA) is 103 Å². The molecule has 0 heterocycles. The Balaban J connectivity index is 2.12. The number of nitrogens with zero attached hydrogens (tertiary/aromatic N) is 2. The van der Waals surface area contributed by atoms with Crippen molar-refractivity contribution in [1.29, 1.82) is 0 Å². The molecule has 0 amide bonds. The Morgan fingerprint density at radius 2 is 1.67 bits per heavy atom. The number of rotatable bonds is 6. The molecule has 7 heteroatoms. The van der Waals surface area contributed by atoms with Gasteiger partial charge in [0.05, 0.1) is 15.4 Å². The van der Waals surface area contributed by atoms with E-state index < -0.39 is 15.6 Å². The lowest BCUT2D eigenvalue weighted by Crippen LogP contribution is -1.96. The number of hydrogen-bond donors (Lipinski definition) is 0. The molecule has 2 aromatic carbocycles. The Morgan fingerprint density at radius 3 is 2.38 bits per heavy atom. The summed E-state index contributed by atoms with van der Waals surface area (Å²) in [5, 5.41) is 21.6. The van der Waals surface area contributed by atoms with Crippen LogP contribution in [0.15, 0.2) is 66.8 Å². The zero-order valence-electron chi connectivity index (χ0n) is 12.4. The van der Waals surface area contributed by atoms with E-state index >= 15 is 0 Å². The van der Waals surface area contributed by atoms with Crippen LogP contribution < -0.4 is 0 Å². The van der Waals surface area contributed by atoms with Crippen LogP contribution in [-0.4, -0.2) is 15.6 Å². The number of hydrogen-bond acceptors (Lipinski definition) is 5. The first-order valence-corrected chi connectivity index (χ1v) is 6.86. The molecule has 0 aromatic heterocycles. The number of allylic oxidation sites excluding steroid dienone is 3. The average molecular weight is 324 g/mol. The first-order chi connectivity index (χ1) is 11.5. The summed E-state index contributed by atoms with van der Waals surface area (Å²) >= 11 is 0. The van der Waals surface area contributed by atoms with Crippen LogP contribution in [0.2, 0.25) is 0 Å². The van der Waals surface area contributed by atoms with Crippen LogP contribution >= 0.6 is 0 Å². The molecule has 0 spiro atoms. The van der Waals surface area contributed by atoms with Crippen LogP contribution in [0.25, 0.3) is 6.08 Å². The molecule has 0 unspecified atom stereocenters. The molecular formula is C17H12N2O5. The minimum Gasteiger partial charge on any atom is -0.289 e. The number of nitro benzene ring substituents is 2. The van der Waals surface area contributed by atoms with E-state index in [1.807, 2.05) is 0 Å². The van der Waals surface area contributed by atoms with Gasteiger partial charge in [-0.3, -0.25) is 25.0 Å². The molecule has 0 N–H and O–H groups in total. The maximum atomic E-state index is 12.0. The zero-order valence-corrected chi connectivity index (χ0v) is 12.4. The van der Waals surface area contributed by atoms with E-state index in [4.69, 9.17) is 0 Å². The number of non-ortho nitro benzene ring substituents is 1. The number of nitro groups is 2. The van der Waals surface area contributed by atoms with Crippen LogP contribution in [-0.2, 0) is 0 Å². The summed E-state index contributed by atoms with van der Waals surface area (Å²) in [6.07, 6.45) is 5.68. The monoisotopic (exact) mass is 324 g/mol. The van der Waals surface area contributed by atoms with E-state index in [0.717, 1.165) is 0 Å². The second-order valence-corrected chi connectivity index (χ2v) is 4.71. The standard InChI is InChI=1S/C17H12N2O5/c20-17(14-8-5-9-15(12-14)18(21)22)11-4-2-7-13-6-1-3-10-16(13)19(23)24/h1-12H/b7-2+,11-4+. The Labute approximate surface area is 136 Å². The molecule has 0 saturated heterocycles. The van der Waals surface area contributed by atoms with E-state index in [-0.39, 0.29) is 16.9 Å². The molecular weight excluding hydrogens is 312 g/mol. The summed E-state index contributed by atoms with van der Waals surface area (Å²) in [5.74, 6) is -0.397. The summed E-state index contributed by atoms with van der Waals surface area (Å²) in [4.78, 5) is 32.5. The average Bonchev–Trinajstić information content (AvgIpc) is 2.58. The highest BCUT2D eigenvalue weighted by molar-refractivity contribution is 6.05. The Morgan fingerprint density at radius 1 is 0.917 bits per heavy atom. The van der Waals surface area contributed by atoms with E-state index in [9.17, 15) is 25.0 Å². The van der Waals surface area contributed by atoms with Crippen LogP contribution in [0.4, 0.5) is 11.4 Å². The van der Waals surface area contributed by atoms with Crippen molar-refractivity contribution in [3.63, 3.8) is 0 Å². The Bertz CT molecular complexity index is 856. The first kappa shape index (κ1) is 16.8. The van der Waals surface area contributed by atoms with E-state index in [1.54, 1.807) is 18.2 Å². The highest BCUT2D eigenvalue weighted by Gasteiger charge is 2.10. The lowest BCUT2D eigenvalue weighted by Gasteiger charge is -1.96. The second kappa shape index (κ2) is 7.59. The van der Waals surface area contributed by atoms with E-state index in [1.165, 1.54) is 54.6 Å². The van der Waals surface area contributed by atoms with Crippen LogP contribution in [0.5, 0.6) is 0 Å². The summed E-state index contributed by atoms with van der Waals surface area (Å²) in [5.41, 5.74) is 0.409. The molecule has 24 heavy (non-hydrogen) atoms. The van der Waals surface area contributed by atoms with Gasteiger partial charge in [0.1, 0.15) is 0 Å². The predicted octanol–water partition coefficient (Wildman–Crippen LogP) is 3.96. The van der Waals surface area contributed by atoms with Crippen molar-refractivity contribution in [3.8, 4) is 0 Å². The third-order valence-corrected chi connectivity index (χ3v) is 3.11. The highest BCUT2D eigenvalue weighted by Crippen LogP contribution is 2.19. The Kier molecular flexibility index (Phi) is 5.30. The minimum absolute atomic E-state index is 0.0350. The lowest BCUT2D eigenvalue weighted by molar-refractivity contribution is -0.385. The number of carbonyl (C=O) groups excluding carboxylic acids is 1. The van der Waals surface area contributed by atoms with Gasteiger partial charge in [-0.05, 0) is 18.2 Å². The van der Waals surface area contributed by atoms with Crippen molar-refractivity contribution < 1.29 is 14.6 Å². The van der Waals surface area contributed by atoms with Crippen LogP contribution in [0, 0.1) is 20.2 Å². The number of benzene rings is 2. The van der Waals surface area contributed by atoms with Gasteiger partial charge in [0, 0.05) is 23.8 Å². The molecule has 0 aliphatic heterocycles. The quantitative estimate of drug-likeness (QED) is 0.263. The summed E-state index contributed by atoms with van der Waals surface area (Å²) in [6.45, 7) is 0. The fourth-order valence-electron chi connectivity index (χ4n) is 1.97. The largest absolute Gasteiger partial charge is 0.289 e. The van der Waals surface area contributed by atoms with Gasteiger partial charge in [-0.2, -0.15) is 0 Å². The van der Waals surface area contributed by atoms with Gasteiger partial charge in [-0.25, -0.2) is 0 Å². The van der Waals surface area contributed by atoms with Crippen molar-refractivity contribution in [3.05, 3.63) is 98.1 Å². The molecule has 7 nitrogen and oxygen atoms in total. The van der Waals surface area contributed by atoms with Gasteiger partial charge in [0.15, 0.2) is 5.78 Å². The Hall–Kier alpha value is -3.61. The van der Waals surface area contributed by atoms with Crippen molar-refractivity contribution in [2.24, 2.45) is 0 Å². The maximum Gasteiger partial charge on any atom is 0.276 e. The van der Waals surface area contributed by atoms with Gasteiger partial charge in [-0.15, -0.1) is 0 Å². The molecule has 0 aliphatic carbocycles. The third kappa shape index (κ3) is 4.20. The highest BCUT2D eigenvalue weighted by atomic mass is 16.6. The number of para-hydroxylation sites is 1. The maximum absolute atomic E-state index is 12.0. The minimum atomic E-state index is -0.574. The number of carbonyl (C=O) groups is 1. The fraction of sp³-hybridized carbons (Fsp3) is 0. The van der Waals surface area contributed by atoms with Gasteiger partial charge >= 0.3 is 0 Å². The van der Waals surface area contributed by atoms with Gasteiger partial charge in [-0.1, -0.05) is 36.4 Å². The fourth-order valence-corrected chi connectivity index (χ4v) is 1.97. The molecule has 0 aliphatic rings. The predicted molar refractivity (Wildman–Crippen MR) is 88.7 cm³/mol. The second-order valence-electron chi connectivity index (χ2n) is 4.71.